The third-order valence-electron chi connectivity index (χ3n) is 5.60. The van der Waals surface area contributed by atoms with Crippen molar-refractivity contribution in [2.24, 2.45) is 0 Å². The molecule has 0 unspecified atom stereocenters. The molecule has 3 heterocycles. The van der Waals surface area contributed by atoms with Crippen LogP contribution in [0.3, 0.4) is 0 Å². The van der Waals surface area contributed by atoms with E-state index in [1.165, 1.54) is 43.7 Å². The van der Waals surface area contributed by atoms with Gasteiger partial charge in [0.15, 0.2) is 17.4 Å². The second-order valence-electron chi connectivity index (χ2n) is 7.94. The van der Waals surface area contributed by atoms with Crippen LogP contribution in [0.25, 0.3) is 0 Å². The first kappa shape index (κ1) is 22.6. The van der Waals surface area contributed by atoms with Gasteiger partial charge in [-0.05, 0) is 55.8 Å². The molecule has 1 aliphatic rings. The number of rotatable bonds is 7. The fourth-order valence-electron chi connectivity index (χ4n) is 3.85. The van der Waals surface area contributed by atoms with Crippen molar-refractivity contribution < 1.29 is 14.0 Å². The highest BCUT2D eigenvalue weighted by atomic mass is 35.5. The molecule has 166 valence electrons. The zero-order valence-corrected chi connectivity index (χ0v) is 18.8. The molecule has 1 saturated heterocycles. The summed E-state index contributed by atoms with van der Waals surface area (Å²) < 4.78 is 14.3. The number of nitrogens with zero attached hydrogens (tertiary/aromatic N) is 2. The lowest BCUT2D eigenvalue weighted by Crippen LogP contribution is -2.29. The van der Waals surface area contributed by atoms with Crippen LogP contribution in [0.1, 0.15) is 56.9 Å². The van der Waals surface area contributed by atoms with Crippen LogP contribution in [-0.2, 0) is 13.0 Å². The minimum atomic E-state index is -0.881. The van der Waals surface area contributed by atoms with Crippen LogP contribution in [-0.4, -0.2) is 39.5 Å². The monoisotopic (exact) mass is 473 g/mol. The number of pyridine rings is 1. The molecule has 1 N–H and O–H groups in total. The summed E-state index contributed by atoms with van der Waals surface area (Å²) in [6, 6.07) is 7.90. The third-order valence-corrected chi connectivity index (χ3v) is 6.21. The van der Waals surface area contributed by atoms with E-state index in [9.17, 15) is 14.0 Å². The van der Waals surface area contributed by atoms with Crippen LogP contribution in [0.2, 0.25) is 10.0 Å². The van der Waals surface area contributed by atoms with E-state index in [1.54, 1.807) is 6.20 Å². The standard InChI is InChI=1S/C24H22Cl2FN3O2/c25-18-6-7-19(26)23(27)22(18)24(32)16-11-20(29-13-16)21(31)10-15-4-5-17(28-12-15)14-30-8-2-1-3-9-30/h4-7,11-13,29H,1-3,8-10,14H2. The van der Waals surface area contributed by atoms with Crippen LogP contribution in [0.15, 0.2) is 42.7 Å². The largest absolute Gasteiger partial charge is 0.358 e. The highest BCUT2D eigenvalue weighted by molar-refractivity contribution is 6.37. The maximum Gasteiger partial charge on any atom is 0.199 e. The fourth-order valence-corrected chi connectivity index (χ4v) is 4.24. The Hall–Kier alpha value is -2.54. The molecular formula is C24H22Cl2FN3O2. The lowest BCUT2D eigenvalue weighted by atomic mass is 10.0. The molecular weight excluding hydrogens is 452 g/mol. The quantitative estimate of drug-likeness (QED) is 0.363. The number of Topliss-reactive ketones (excluding diaryl/α,β-unsaturated/α-hetero) is 1. The molecule has 1 aliphatic heterocycles. The van der Waals surface area contributed by atoms with Crippen molar-refractivity contribution in [3.63, 3.8) is 0 Å². The number of halogens is 3. The predicted molar refractivity (Wildman–Crippen MR) is 122 cm³/mol. The summed E-state index contributed by atoms with van der Waals surface area (Å²) in [5.41, 5.74) is 1.83. The van der Waals surface area contributed by atoms with Gasteiger partial charge in [0.2, 0.25) is 0 Å². The van der Waals surface area contributed by atoms with Gasteiger partial charge in [-0.1, -0.05) is 35.7 Å². The highest BCUT2D eigenvalue weighted by Crippen LogP contribution is 2.28. The number of aromatic amines is 1. The lowest BCUT2D eigenvalue weighted by molar-refractivity contribution is 0.0988. The number of likely N-dealkylation sites (tertiary alicyclic amines) is 1. The van der Waals surface area contributed by atoms with E-state index in [4.69, 9.17) is 23.2 Å². The fraction of sp³-hybridized carbons (Fsp3) is 0.292. The average Bonchev–Trinajstić information content (AvgIpc) is 3.29. The summed E-state index contributed by atoms with van der Waals surface area (Å²) in [7, 11) is 0. The van der Waals surface area contributed by atoms with Crippen LogP contribution in [0, 0.1) is 5.82 Å². The number of hydrogen-bond donors (Lipinski definition) is 1. The SMILES string of the molecule is O=C(Cc1ccc(CN2CCCCC2)nc1)c1cc(C(=O)c2c(Cl)ccc(Cl)c2F)c[nH]1. The second kappa shape index (κ2) is 9.94. The molecule has 0 saturated carbocycles. The Kier molecular flexibility index (Phi) is 7.04. The van der Waals surface area contributed by atoms with Gasteiger partial charge in [0.1, 0.15) is 0 Å². The third kappa shape index (κ3) is 5.09. The molecule has 2 aromatic heterocycles. The first-order chi connectivity index (χ1) is 15.4. The number of H-pyrrole nitrogens is 1. The minimum Gasteiger partial charge on any atom is -0.358 e. The second-order valence-corrected chi connectivity index (χ2v) is 8.76. The van der Waals surface area contributed by atoms with Gasteiger partial charge in [-0.25, -0.2) is 4.39 Å². The molecule has 0 amide bonds. The summed E-state index contributed by atoms with van der Waals surface area (Å²) in [6.07, 6.45) is 6.96. The Balaban J connectivity index is 1.42. The Labute approximate surface area is 195 Å². The smallest absolute Gasteiger partial charge is 0.199 e. The van der Waals surface area contributed by atoms with Crippen molar-refractivity contribution in [2.75, 3.05) is 13.1 Å². The minimum absolute atomic E-state index is 0.0401. The van der Waals surface area contributed by atoms with E-state index in [0.717, 1.165) is 30.9 Å². The lowest BCUT2D eigenvalue weighted by Gasteiger charge is -2.25. The maximum absolute atomic E-state index is 14.3. The molecule has 0 spiro atoms. The Morgan fingerprint density at radius 1 is 1.06 bits per heavy atom. The Morgan fingerprint density at radius 3 is 2.53 bits per heavy atom. The van der Waals surface area contributed by atoms with E-state index < -0.39 is 11.6 Å². The number of aromatic nitrogens is 2. The molecule has 8 heteroatoms. The van der Waals surface area contributed by atoms with Crippen LogP contribution in [0.4, 0.5) is 4.39 Å². The zero-order valence-electron chi connectivity index (χ0n) is 17.3. The van der Waals surface area contributed by atoms with Crippen molar-refractivity contribution >= 4 is 34.8 Å². The first-order valence-electron chi connectivity index (χ1n) is 10.5. The Morgan fingerprint density at radius 2 is 1.81 bits per heavy atom. The summed E-state index contributed by atoms with van der Waals surface area (Å²) in [5, 5.41) is -0.234. The summed E-state index contributed by atoms with van der Waals surface area (Å²) >= 11 is 11.8. The van der Waals surface area contributed by atoms with Crippen molar-refractivity contribution in [1.29, 1.82) is 0 Å². The summed E-state index contributed by atoms with van der Waals surface area (Å²) in [6.45, 7) is 3.01. The number of piperidine rings is 1. The average molecular weight is 474 g/mol. The van der Waals surface area contributed by atoms with E-state index >= 15 is 0 Å². The maximum atomic E-state index is 14.3. The topological polar surface area (TPSA) is 66.1 Å². The van der Waals surface area contributed by atoms with Crippen LogP contribution < -0.4 is 0 Å². The van der Waals surface area contributed by atoms with E-state index in [1.807, 2.05) is 12.1 Å². The summed E-state index contributed by atoms with van der Waals surface area (Å²) in [4.78, 5) is 35.1. The predicted octanol–water partition coefficient (Wildman–Crippen LogP) is 5.50. The molecule has 3 aromatic rings. The Bertz CT molecular complexity index is 1140. The molecule has 1 fully saturated rings. The molecule has 5 nitrogen and oxygen atoms in total. The molecule has 0 atom stereocenters. The molecule has 0 bridgehead atoms. The molecule has 0 radical (unpaired) electrons. The van der Waals surface area contributed by atoms with Gasteiger partial charge >= 0.3 is 0 Å². The highest BCUT2D eigenvalue weighted by Gasteiger charge is 2.22. The molecule has 0 aliphatic carbocycles. The number of ketones is 2. The number of hydrogen-bond acceptors (Lipinski definition) is 4. The van der Waals surface area contributed by atoms with Gasteiger partial charge in [-0.2, -0.15) is 0 Å². The number of carbonyl (C=O) groups is 2. The van der Waals surface area contributed by atoms with Gasteiger partial charge in [0.05, 0.1) is 27.0 Å². The summed E-state index contributed by atoms with van der Waals surface area (Å²) in [5.74, 6) is -1.73. The number of benzene rings is 1. The van der Waals surface area contributed by atoms with Gasteiger partial charge < -0.3 is 4.98 Å². The van der Waals surface area contributed by atoms with Crippen LogP contribution in [0.5, 0.6) is 0 Å². The van der Waals surface area contributed by atoms with Gasteiger partial charge in [-0.15, -0.1) is 0 Å². The van der Waals surface area contributed by atoms with Gasteiger partial charge in [-0.3, -0.25) is 19.5 Å². The van der Waals surface area contributed by atoms with Crippen molar-refractivity contribution in [1.82, 2.24) is 14.9 Å². The van der Waals surface area contributed by atoms with Crippen molar-refractivity contribution in [3.05, 3.63) is 86.7 Å². The first-order valence-corrected chi connectivity index (χ1v) is 11.2. The van der Waals surface area contributed by atoms with Gasteiger partial charge in [0.25, 0.3) is 0 Å². The normalized spacial score (nSPS) is 14.5. The van der Waals surface area contributed by atoms with E-state index in [-0.39, 0.29) is 39.1 Å². The molecule has 4 rings (SSSR count). The number of carbonyl (C=O) groups excluding carboxylic acids is 2. The number of nitrogens with one attached hydrogen (secondary N) is 1. The van der Waals surface area contributed by atoms with Gasteiger partial charge in [0, 0.05) is 30.9 Å². The molecule has 1 aromatic carbocycles. The molecule has 32 heavy (non-hydrogen) atoms. The van der Waals surface area contributed by atoms with Crippen molar-refractivity contribution in [3.8, 4) is 0 Å². The van der Waals surface area contributed by atoms with Crippen molar-refractivity contribution in [2.45, 2.75) is 32.2 Å². The van der Waals surface area contributed by atoms with E-state index in [0.29, 0.717) is 0 Å². The van der Waals surface area contributed by atoms with E-state index in [2.05, 4.69) is 14.9 Å². The zero-order chi connectivity index (χ0) is 22.7. The van der Waals surface area contributed by atoms with Crippen LogP contribution >= 0.6 is 23.2 Å².